The normalized spacial score (nSPS) is 13.7. The fraction of sp³-hybridized carbons (Fsp3) is 0.214. The monoisotopic (exact) mass is 472 g/mol. The Hall–Kier alpha value is -2.82. The maximum absolute atomic E-state index is 13.3. The fourth-order valence-electron chi connectivity index (χ4n) is 4.27. The maximum atomic E-state index is 13.3. The van der Waals surface area contributed by atoms with Crippen LogP contribution in [0.4, 0.5) is 0 Å². The zero-order valence-electron chi connectivity index (χ0n) is 18.7. The van der Waals surface area contributed by atoms with Crippen LogP contribution in [-0.2, 0) is 12.8 Å². The van der Waals surface area contributed by atoms with Gasteiger partial charge in [0.2, 0.25) is 0 Å². The Morgan fingerprint density at radius 2 is 1.73 bits per heavy atom. The molecule has 166 valence electrons. The number of aryl methyl sites for hydroxylation is 3. The third-order valence-electron chi connectivity index (χ3n) is 6.16. The summed E-state index contributed by atoms with van der Waals surface area (Å²) in [4.78, 5) is 18.2. The van der Waals surface area contributed by atoms with E-state index in [1.165, 1.54) is 34.9 Å². The van der Waals surface area contributed by atoms with Crippen molar-refractivity contribution in [3.05, 3.63) is 100 Å². The molecule has 3 aromatic carbocycles. The summed E-state index contributed by atoms with van der Waals surface area (Å²) < 4.78 is 2.07. The third kappa shape index (κ3) is 4.64. The number of carbonyl (C=O) groups is 1. The molecule has 3 nitrogen and oxygen atoms in total. The van der Waals surface area contributed by atoms with Gasteiger partial charge in [0.25, 0.3) is 0 Å². The molecular weight excluding hydrogens is 448 g/mol. The first-order valence-corrected chi connectivity index (χ1v) is 12.5. The van der Waals surface area contributed by atoms with E-state index >= 15 is 0 Å². The number of aromatic nitrogens is 2. The van der Waals surface area contributed by atoms with Crippen LogP contribution in [-0.4, -0.2) is 20.6 Å². The molecular formula is C28H25ClN2OS. The SMILES string of the molecule is Cc1ccc(-n2cc(-c3ccc(Cl)cc3)nc2SC(C)C(=O)c2ccc3c(c2)CCC3)cc1. The van der Waals surface area contributed by atoms with E-state index in [0.29, 0.717) is 5.02 Å². The summed E-state index contributed by atoms with van der Waals surface area (Å²) in [6, 6.07) is 22.2. The Morgan fingerprint density at radius 3 is 2.48 bits per heavy atom. The van der Waals surface area contributed by atoms with E-state index in [1.54, 1.807) is 0 Å². The molecule has 0 spiro atoms. The molecule has 1 aliphatic carbocycles. The second kappa shape index (κ2) is 9.20. The predicted octanol–water partition coefficient (Wildman–Crippen LogP) is 7.35. The van der Waals surface area contributed by atoms with Crippen molar-refractivity contribution in [1.29, 1.82) is 0 Å². The Morgan fingerprint density at radius 1 is 1.00 bits per heavy atom. The summed E-state index contributed by atoms with van der Waals surface area (Å²) in [7, 11) is 0. The second-order valence-corrected chi connectivity index (χ2v) is 10.3. The van der Waals surface area contributed by atoms with Crippen LogP contribution in [0, 0.1) is 6.92 Å². The minimum absolute atomic E-state index is 0.140. The van der Waals surface area contributed by atoms with Gasteiger partial charge in [-0.3, -0.25) is 9.36 Å². The summed E-state index contributed by atoms with van der Waals surface area (Å²) in [5.74, 6) is 0.140. The minimum Gasteiger partial charge on any atom is -0.294 e. The number of imidazole rings is 1. The van der Waals surface area contributed by atoms with Crippen molar-refractivity contribution in [3.63, 3.8) is 0 Å². The van der Waals surface area contributed by atoms with Crippen LogP contribution in [0.5, 0.6) is 0 Å². The first kappa shape index (κ1) is 22.0. The van der Waals surface area contributed by atoms with E-state index in [-0.39, 0.29) is 11.0 Å². The van der Waals surface area contributed by atoms with Crippen molar-refractivity contribution in [2.24, 2.45) is 0 Å². The van der Waals surface area contributed by atoms with Crippen molar-refractivity contribution < 1.29 is 4.79 Å². The second-order valence-electron chi connectivity index (χ2n) is 8.58. The molecule has 0 N–H and O–H groups in total. The summed E-state index contributed by atoms with van der Waals surface area (Å²) in [5.41, 5.74) is 7.57. The Labute approximate surface area is 203 Å². The summed E-state index contributed by atoms with van der Waals surface area (Å²) >= 11 is 7.58. The number of hydrogen-bond donors (Lipinski definition) is 0. The van der Waals surface area contributed by atoms with Gasteiger partial charge in [-0.1, -0.05) is 65.3 Å². The topological polar surface area (TPSA) is 34.9 Å². The lowest BCUT2D eigenvalue weighted by Crippen LogP contribution is -2.15. The number of Topliss-reactive ketones (excluding diaryl/α,β-unsaturated/α-hetero) is 1. The molecule has 0 amide bonds. The van der Waals surface area contributed by atoms with Gasteiger partial charge < -0.3 is 0 Å². The van der Waals surface area contributed by atoms with Gasteiger partial charge in [0.05, 0.1) is 10.9 Å². The molecule has 5 rings (SSSR count). The average Bonchev–Trinajstić information content (AvgIpc) is 3.46. The van der Waals surface area contributed by atoms with Crippen molar-refractivity contribution in [1.82, 2.24) is 9.55 Å². The molecule has 33 heavy (non-hydrogen) atoms. The molecule has 0 bridgehead atoms. The highest BCUT2D eigenvalue weighted by atomic mass is 35.5. The highest BCUT2D eigenvalue weighted by Gasteiger charge is 2.22. The summed E-state index contributed by atoms with van der Waals surface area (Å²) in [6.45, 7) is 4.04. The lowest BCUT2D eigenvalue weighted by molar-refractivity contribution is 0.0993. The third-order valence-corrected chi connectivity index (χ3v) is 7.48. The number of benzene rings is 3. The predicted molar refractivity (Wildman–Crippen MR) is 137 cm³/mol. The van der Waals surface area contributed by atoms with Gasteiger partial charge >= 0.3 is 0 Å². The van der Waals surface area contributed by atoms with E-state index in [4.69, 9.17) is 16.6 Å². The molecule has 0 saturated heterocycles. The van der Waals surface area contributed by atoms with Gasteiger partial charge in [-0.15, -0.1) is 0 Å². The van der Waals surface area contributed by atoms with Gasteiger partial charge in [-0.25, -0.2) is 4.98 Å². The summed E-state index contributed by atoms with van der Waals surface area (Å²) in [6.07, 6.45) is 5.40. The highest BCUT2D eigenvalue weighted by molar-refractivity contribution is 8.00. The van der Waals surface area contributed by atoms with Gasteiger partial charge in [-0.2, -0.15) is 0 Å². The Bertz CT molecular complexity index is 1310. The van der Waals surface area contributed by atoms with Gasteiger partial charge in [0.1, 0.15) is 0 Å². The molecule has 0 fully saturated rings. The van der Waals surface area contributed by atoms with Crippen molar-refractivity contribution >= 4 is 29.1 Å². The van der Waals surface area contributed by atoms with E-state index in [2.05, 4.69) is 47.9 Å². The fourth-order valence-corrected chi connectivity index (χ4v) is 5.38. The molecule has 5 heteroatoms. The average molecular weight is 473 g/mol. The number of fused-ring (bicyclic) bond motifs is 1. The van der Waals surface area contributed by atoms with Crippen LogP contribution in [0.3, 0.4) is 0 Å². The van der Waals surface area contributed by atoms with E-state index in [1.807, 2.05) is 43.5 Å². The molecule has 4 aromatic rings. The van der Waals surface area contributed by atoms with E-state index < -0.39 is 0 Å². The first-order valence-electron chi connectivity index (χ1n) is 11.2. The Balaban J connectivity index is 1.47. The zero-order chi connectivity index (χ0) is 22.9. The molecule has 1 aliphatic rings. The number of rotatable bonds is 6. The number of nitrogens with zero attached hydrogens (tertiary/aromatic N) is 2. The van der Waals surface area contributed by atoms with Crippen LogP contribution in [0.1, 0.15) is 40.4 Å². The molecule has 1 aromatic heterocycles. The molecule has 0 aliphatic heterocycles. The number of thioether (sulfide) groups is 1. The van der Waals surface area contributed by atoms with Gasteiger partial charge in [0, 0.05) is 28.0 Å². The lowest BCUT2D eigenvalue weighted by atomic mass is 10.0. The zero-order valence-corrected chi connectivity index (χ0v) is 20.3. The molecule has 0 radical (unpaired) electrons. The van der Waals surface area contributed by atoms with Crippen molar-refractivity contribution in [2.45, 2.75) is 43.5 Å². The van der Waals surface area contributed by atoms with Gasteiger partial charge in [-0.05, 0) is 74.6 Å². The minimum atomic E-state index is -0.255. The van der Waals surface area contributed by atoms with E-state index in [9.17, 15) is 4.79 Å². The lowest BCUT2D eigenvalue weighted by Gasteiger charge is -2.13. The Kier molecular flexibility index (Phi) is 6.13. The highest BCUT2D eigenvalue weighted by Crippen LogP contribution is 2.32. The quantitative estimate of drug-likeness (QED) is 0.217. The van der Waals surface area contributed by atoms with Crippen LogP contribution in [0.25, 0.3) is 16.9 Å². The van der Waals surface area contributed by atoms with Crippen LogP contribution < -0.4 is 0 Å². The molecule has 1 unspecified atom stereocenters. The molecule has 1 heterocycles. The first-order chi connectivity index (χ1) is 16.0. The van der Waals surface area contributed by atoms with Crippen LogP contribution in [0.2, 0.25) is 5.02 Å². The van der Waals surface area contributed by atoms with Crippen LogP contribution in [0.15, 0.2) is 78.1 Å². The summed E-state index contributed by atoms with van der Waals surface area (Å²) in [5, 5.41) is 1.24. The van der Waals surface area contributed by atoms with Crippen LogP contribution >= 0.6 is 23.4 Å². The molecule has 1 atom stereocenters. The maximum Gasteiger partial charge on any atom is 0.176 e. The molecule has 0 saturated carbocycles. The smallest absolute Gasteiger partial charge is 0.176 e. The van der Waals surface area contributed by atoms with Crippen molar-refractivity contribution in [3.8, 4) is 16.9 Å². The number of halogens is 1. The number of ketones is 1. The largest absolute Gasteiger partial charge is 0.294 e. The number of hydrogen-bond acceptors (Lipinski definition) is 3. The number of carbonyl (C=O) groups excluding carboxylic acids is 1. The standard InChI is InChI=1S/C28H25ClN2OS/c1-18-6-14-25(15-7-18)31-17-26(21-10-12-24(29)13-11-21)30-28(31)33-19(2)27(32)23-9-8-20-4-3-5-22(20)16-23/h6-17,19H,3-5H2,1-2H3. The van der Waals surface area contributed by atoms with Crippen molar-refractivity contribution in [2.75, 3.05) is 0 Å². The van der Waals surface area contributed by atoms with Gasteiger partial charge in [0.15, 0.2) is 10.9 Å². The van der Waals surface area contributed by atoms with E-state index in [0.717, 1.165) is 40.5 Å².